The maximum Gasteiger partial charge on any atom is 0.150 e. The van der Waals surface area contributed by atoms with Crippen LogP contribution in [0.3, 0.4) is 0 Å². The fraction of sp³-hybridized carbons (Fsp3) is 0.538. The van der Waals surface area contributed by atoms with Crippen molar-refractivity contribution in [3.05, 3.63) is 34.3 Å². The summed E-state index contributed by atoms with van der Waals surface area (Å²) >= 11 is 3.52. The molecule has 3 nitrogen and oxygen atoms in total. The molecule has 1 unspecified atom stereocenters. The molecule has 5 heteroatoms. The highest BCUT2D eigenvalue weighted by Gasteiger charge is 2.14. The molecule has 0 amide bonds. The normalized spacial score (nSPS) is 13.5. The van der Waals surface area contributed by atoms with Crippen molar-refractivity contribution in [1.82, 2.24) is 5.32 Å². The molecule has 1 N–H and O–H groups in total. The number of nitrogens with one attached hydrogen (secondary N) is 1. The van der Waals surface area contributed by atoms with Crippen LogP contribution in [0.1, 0.15) is 31.4 Å². The van der Waals surface area contributed by atoms with E-state index in [4.69, 9.17) is 0 Å². The Hall–Kier alpha value is -0.390. The lowest BCUT2D eigenvalue weighted by Gasteiger charge is -2.18. The van der Waals surface area contributed by atoms with Crippen molar-refractivity contribution in [3.8, 4) is 0 Å². The Morgan fingerprint density at radius 2 is 2.00 bits per heavy atom. The summed E-state index contributed by atoms with van der Waals surface area (Å²) in [7, 11) is -0.954. The van der Waals surface area contributed by atoms with E-state index in [1.165, 1.54) is 5.56 Å². The molecule has 0 bridgehead atoms. The fourth-order valence-corrected chi connectivity index (χ4v) is 3.32. The van der Waals surface area contributed by atoms with Crippen molar-refractivity contribution in [2.75, 3.05) is 18.6 Å². The Balaban J connectivity index is 2.61. The van der Waals surface area contributed by atoms with Gasteiger partial charge in [-0.25, -0.2) is 8.42 Å². The van der Waals surface area contributed by atoms with E-state index in [-0.39, 0.29) is 17.5 Å². The molecule has 0 saturated heterocycles. The van der Waals surface area contributed by atoms with Crippen LogP contribution >= 0.6 is 15.9 Å². The van der Waals surface area contributed by atoms with E-state index in [2.05, 4.69) is 27.3 Å². The first-order valence-electron chi connectivity index (χ1n) is 6.12. The summed E-state index contributed by atoms with van der Waals surface area (Å²) in [6.07, 6.45) is 1.50. The van der Waals surface area contributed by atoms with Crippen molar-refractivity contribution in [3.63, 3.8) is 0 Å². The van der Waals surface area contributed by atoms with E-state index in [1.807, 2.05) is 25.2 Å². The van der Waals surface area contributed by atoms with Gasteiger partial charge in [0.2, 0.25) is 0 Å². The van der Waals surface area contributed by atoms with Crippen molar-refractivity contribution >= 4 is 25.8 Å². The zero-order valence-corrected chi connectivity index (χ0v) is 13.2. The first-order chi connectivity index (χ1) is 8.50. The quantitative estimate of drug-likeness (QED) is 0.834. The number of halogens is 1. The molecule has 0 heterocycles. The number of hydrogen-bond donors (Lipinski definition) is 1. The SMILES string of the molecule is CCS(=O)(=O)CCCC(NC)c1ccccc1Br. The largest absolute Gasteiger partial charge is 0.313 e. The fourth-order valence-electron chi connectivity index (χ4n) is 1.86. The van der Waals surface area contributed by atoms with Crippen molar-refractivity contribution in [1.29, 1.82) is 0 Å². The van der Waals surface area contributed by atoms with Crippen LogP contribution in [0.15, 0.2) is 28.7 Å². The summed E-state index contributed by atoms with van der Waals surface area (Å²) in [5.74, 6) is 0.498. The van der Waals surface area contributed by atoms with E-state index in [0.717, 1.165) is 10.9 Å². The molecule has 0 aliphatic rings. The molecule has 18 heavy (non-hydrogen) atoms. The van der Waals surface area contributed by atoms with Crippen LogP contribution in [0.4, 0.5) is 0 Å². The Kier molecular flexibility index (Phi) is 6.32. The summed E-state index contributed by atoms with van der Waals surface area (Å²) in [5, 5.41) is 3.24. The minimum Gasteiger partial charge on any atom is -0.313 e. The summed E-state index contributed by atoms with van der Waals surface area (Å²) < 4.78 is 23.9. The van der Waals surface area contributed by atoms with E-state index in [9.17, 15) is 8.42 Å². The summed E-state index contributed by atoms with van der Waals surface area (Å²) in [6.45, 7) is 1.69. The number of rotatable bonds is 7. The minimum absolute atomic E-state index is 0.188. The third kappa shape index (κ3) is 4.71. The van der Waals surface area contributed by atoms with Gasteiger partial charge in [-0.3, -0.25) is 0 Å². The van der Waals surface area contributed by atoms with Crippen LogP contribution in [-0.2, 0) is 9.84 Å². The Bertz CT molecular complexity index is 474. The van der Waals surface area contributed by atoms with E-state index in [1.54, 1.807) is 6.92 Å². The zero-order valence-electron chi connectivity index (χ0n) is 10.8. The monoisotopic (exact) mass is 333 g/mol. The standard InChI is InChI=1S/C13H20BrNO2S/c1-3-18(16,17)10-6-9-13(15-2)11-7-4-5-8-12(11)14/h4-5,7-8,13,15H,3,6,9-10H2,1-2H3. The van der Waals surface area contributed by atoms with Gasteiger partial charge in [0.15, 0.2) is 0 Å². The van der Waals surface area contributed by atoms with Gasteiger partial charge < -0.3 is 5.32 Å². The number of sulfone groups is 1. The van der Waals surface area contributed by atoms with Gasteiger partial charge in [-0.15, -0.1) is 0 Å². The lowest BCUT2D eigenvalue weighted by atomic mass is 10.0. The predicted octanol–water partition coefficient (Wildman–Crippen LogP) is 2.92. The van der Waals surface area contributed by atoms with Crippen LogP contribution in [0.2, 0.25) is 0 Å². The lowest BCUT2D eigenvalue weighted by molar-refractivity contribution is 0.534. The molecular formula is C13H20BrNO2S. The van der Waals surface area contributed by atoms with Crippen molar-refractivity contribution < 1.29 is 8.42 Å². The molecule has 1 aromatic carbocycles. The zero-order chi connectivity index (χ0) is 13.6. The Morgan fingerprint density at radius 3 is 2.56 bits per heavy atom. The van der Waals surface area contributed by atoms with Gasteiger partial charge in [-0.05, 0) is 31.5 Å². The Morgan fingerprint density at radius 1 is 1.33 bits per heavy atom. The number of hydrogen-bond acceptors (Lipinski definition) is 3. The first-order valence-corrected chi connectivity index (χ1v) is 8.73. The topological polar surface area (TPSA) is 46.2 Å². The summed E-state index contributed by atoms with van der Waals surface area (Å²) in [4.78, 5) is 0. The van der Waals surface area contributed by atoms with Gasteiger partial charge in [0.1, 0.15) is 9.84 Å². The maximum atomic E-state index is 11.4. The van der Waals surface area contributed by atoms with Gasteiger partial charge in [0.05, 0.1) is 5.75 Å². The average Bonchev–Trinajstić information content (AvgIpc) is 2.36. The third-order valence-corrected chi connectivity index (χ3v) is 5.53. The van der Waals surface area contributed by atoms with E-state index in [0.29, 0.717) is 6.42 Å². The molecule has 0 fully saturated rings. The second-order valence-corrected chi connectivity index (χ2v) is 7.57. The van der Waals surface area contributed by atoms with Gasteiger partial charge in [-0.2, -0.15) is 0 Å². The average molecular weight is 334 g/mol. The Labute approximate surface area is 118 Å². The number of benzene rings is 1. The summed E-state index contributed by atoms with van der Waals surface area (Å²) in [5.41, 5.74) is 1.17. The van der Waals surface area contributed by atoms with Crippen LogP contribution < -0.4 is 5.32 Å². The molecule has 0 saturated carbocycles. The molecule has 1 aromatic rings. The molecule has 102 valence electrons. The maximum absolute atomic E-state index is 11.4. The molecular weight excluding hydrogens is 314 g/mol. The van der Waals surface area contributed by atoms with Gasteiger partial charge in [0.25, 0.3) is 0 Å². The van der Waals surface area contributed by atoms with Crippen LogP contribution in [0, 0.1) is 0 Å². The molecule has 0 aromatic heterocycles. The van der Waals surface area contributed by atoms with Gasteiger partial charge in [-0.1, -0.05) is 41.1 Å². The molecule has 0 aliphatic carbocycles. The highest BCUT2D eigenvalue weighted by molar-refractivity contribution is 9.10. The van der Waals surface area contributed by atoms with E-state index >= 15 is 0 Å². The lowest BCUT2D eigenvalue weighted by Crippen LogP contribution is -2.18. The highest BCUT2D eigenvalue weighted by atomic mass is 79.9. The van der Waals surface area contributed by atoms with Crippen molar-refractivity contribution in [2.45, 2.75) is 25.8 Å². The highest BCUT2D eigenvalue weighted by Crippen LogP contribution is 2.26. The second-order valence-electron chi connectivity index (χ2n) is 4.24. The van der Waals surface area contributed by atoms with Gasteiger partial charge >= 0.3 is 0 Å². The third-order valence-electron chi connectivity index (χ3n) is 3.02. The van der Waals surface area contributed by atoms with Crippen LogP contribution in [-0.4, -0.2) is 27.0 Å². The minimum atomic E-state index is -2.86. The van der Waals surface area contributed by atoms with Crippen molar-refractivity contribution in [2.24, 2.45) is 0 Å². The first kappa shape index (κ1) is 15.7. The van der Waals surface area contributed by atoms with Crippen LogP contribution in [0.25, 0.3) is 0 Å². The summed E-state index contributed by atoms with van der Waals surface area (Å²) in [6, 6.07) is 8.21. The smallest absolute Gasteiger partial charge is 0.150 e. The predicted molar refractivity (Wildman–Crippen MR) is 79.5 cm³/mol. The molecule has 0 spiro atoms. The van der Waals surface area contributed by atoms with E-state index < -0.39 is 9.84 Å². The van der Waals surface area contributed by atoms with Crippen LogP contribution in [0.5, 0.6) is 0 Å². The molecule has 0 aliphatic heterocycles. The molecule has 0 radical (unpaired) electrons. The molecule has 1 atom stereocenters. The van der Waals surface area contributed by atoms with Gasteiger partial charge in [0, 0.05) is 16.3 Å². The second kappa shape index (κ2) is 7.26. The molecule has 1 rings (SSSR count).